The van der Waals surface area contributed by atoms with E-state index in [4.69, 9.17) is 0 Å². The molecular weight excluding hydrogens is 348 g/mol. The smallest absolute Gasteiger partial charge is 0.233 e. The first kappa shape index (κ1) is 16.1. The van der Waals surface area contributed by atoms with E-state index in [1.54, 1.807) is 15.9 Å². The van der Waals surface area contributed by atoms with E-state index in [1.165, 1.54) is 12.1 Å². The molecule has 0 saturated carbocycles. The van der Waals surface area contributed by atoms with Crippen molar-refractivity contribution >= 4 is 29.3 Å². The van der Waals surface area contributed by atoms with Gasteiger partial charge in [-0.1, -0.05) is 11.3 Å². The molecule has 1 spiro atoms. The summed E-state index contributed by atoms with van der Waals surface area (Å²) < 4.78 is 26.9. The first-order valence-electron chi connectivity index (χ1n) is 7.91. The summed E-state index contributed by atoms with van der Waals surface area (Å²) in [5, 5.41) is -0.0198. The Labute approximate surface area is 146 Å². The third-order valence-corrected chi connectivity index (χ3v) is 5.73. The van der Waals surface area contributed by atoms with Crippen LogP contribution in [0.3, 0.4) is 0 Å². The number of likely N-dealkylation sites (tertiary alicyclic amines) is 1. The average Bonchev–Trinajstić information content (AvgIpc) is 3.27. The molecule has 25 heavy (non-hydrogen) atoms. The Morgan fingerprint density at radius 2 is 2.20 bits per heavy atom. The van der Waals surface area contributed by atoms with E-state index in [0.717, 1.165) is 29.5 Å². The molecule has 3 heterocycles. The number of hydrogen-bond acceptors (Lipinski definition) is 4. The second-order valence-electron chi connectivity index (χ2n) is 6.48. The van der Waals surface area contributed by atoms with Crippen molar-refractivity contribution in [3.05, 3.63) is 45.9 Å². The lowest BCUT2D eigenvalue weighted by molar-refractivity contribution is -0.118. The van der Waals surface area contributed by atoms with Crippen molar-refractivity contribution in [2.75, 3.05) is 24.5 Å². The minimum absolute atomic E-state index is 0.00111. The molecule has 1 fully saturated rings. The predicted molar refractivity (Wildman–Crippen MR) is 88.5 cm³/mol. The first-order chi connectivity index (χ1) is 12.0. The van der Waals surface area contributed by atoms with Crippen molar-refractivity contribution in [2.45, 2.75) is 18.3 Å². The summed E-state index contributed by atoms with van der Waals surface area (Å²) in [4.78, 5) is 31.0. The lowest BCUT2D eigenvalue weighted by Crippen LogP contribution is -2.39. The zero-order chi connectivity index (χ0) is 17.6. The van der Waals surface area contributed by atoms with Crippen LogP contribution in [0.4, 0.5) is 14.5 Å². The van der Waals surface area contributed by atoms with E-state index in [0.29, 0.717) is 36.8 Å². The van der Waals surface area contributed by atoms with Gasteiger partial charge in [0.1, 0.15) is 10.8 Å². The van der Waals surface area contributed by atoms with Crippen molar-refractivity contribution in [3.8, 4) is 0 Å². The molecule has 1 saturated heterocycles. The van der Waals surface area contributed by atoms with Crippen LogP contribution >= 0.6 is 11.3 Å². The summed E-state index contributed by atoms with van der Waals surface area (Å²) in [5.41, 5.74) is 0.981. The zero-order valence-electron chi connectivity index (χ0n) is 13.2. The molecule has 2 aromatic rings. The fraction of sp³-hybridized carbons (Fsp3) is 0.353. The van der Waals surface area contributed by atoms with Crippen LogP contribution in [0, 0.1) is 10.9 Å². The van der Waals surface area contributed by atoms with Gasteiger partial charge in [-0.15, -0.1) is 0 Å². The van der Waals surface area contributed by atoms with E-state index >= 15 is 0 Å². The largest absolute Gasteiger partial charge is 0.344 e. The number of thiazole rings is 1. The maximum absolute atomic E-state index is 13.8. The number of aromatic nitrogens is 1. The van der Waals surface area contributed by atoms with Crippen molar-refractivity contribution in [3.63, 3.8) is 0 Å². The normalized spacial score (nSPS) is 21.8. The molecule has 4 rings (SSSR count). The van der Waals surface area contributed by atoms with Gasteiger partial charge in [0.25, 0.3) is 0 Å². The lowest BCUT2D eigenvalue weighted by Gasteiger charge is -2.24. The van der Waals surface area contributed by atoms with Crippen LogP contribution in [0.2, 0.25) is 0 Å². The molecule has 0 radical (unpaired) electrons. The Bertz CT molecular complexity index is 856. The highest BCUT2D eigenvalue weighted by Crippen LogP contribution is 2.46. The molecule has 0 aliphatic carbocycles. The van der Waals surface area contributed by atoms with Crippen LogP contribution in [0.15, 0.2) is 24.4 Å². The van der Waals surface area contributed by atoms with Crippen LogP contribution in [0.1, 0.15) is 17.0 Å². The number of fused-ring (bicyclic) bond motifs is 2. The third kappa shape index (κ3) is 2.70. The minimum Gasteiger partial charge on any atom is -0.344 e. The zero-order valence-corrected chi connectivity index (χ0v) is 14.1. The Morgan fingerprint density at radius 3 is 2.88 bits per heavy atom. The number of carbonyl (C=O) groups excluding carboxylic acids is 2. The van der Waals surface area contributed by atoms with Gasteiger partial charge in [-0.05, 0) is 30.2 Å². The summed E-state index contributed by atoms with van der Waals surface area (Å²) >= 11 is 0.847. The average molecular weight is 363 g/mol. The summed E-state index contributed by atoms with van der Waals surface area (Å²) in [6, 6.07) is 4.39. The number of rotatable bonds is 3. The number of carbonyl (C=O) groups is 2. The second kappa shape index (κ2) is 5.87. The fourth-order valence-electron chi connectivity index (χ4n) is 3.80. The maximum Gasteiger partial charge on any atom is 0.233 e. The Kier molecular flexibility index (Phi) is 3.79. The molecule has 130 valence electrons. The first-order valence-corrected chi connectivity index (χ1v) is 8.72. The van der Waals surface area contributed by atoms with Crippen LogP contribution < -0.4 is 4.90 Å². The highest BCUT2D eigenvalue weighted by molar-refractivity contribution is 7.10. The number of amides is 2. The standard InChI is InChI=1S/C17H15F2N3O2S/c18-11-1-2-13-12(5-11)17(3-4-21(8-17)10-23)9-22(13)16(24)6-15-20-7-14(19)25-15/h1-2,5,7,10H,3-4,6,8-9H2. The third-order valence-electron chi connectivity index (χ3n) is 4.94. The van der Waals surface area contributed by atoms with Crippen molar-refractivity contribution in [2.24, 2.45) is 0 Å². The van der Waals surface area contributed by atoms with Gasteiger partial charge in [0, 0.05) is 30.7 Å². The topological polar surface area (TPSA) is 53.5 Å². The molecule has 1 unspecified atom stereocenters. The van der Waals surface area contributed by atoms with Gasteiger partial charge in [-0.25, -0.2) is 9.37 Å². The van der Waals surface area contributed by atoms with E-state index in [1.807, 2.05) is 0 Å². The summed E-state index contributed by atoms with van der Waals surface area (Å²) in [6.45, 7) is 1.44. The summed E-state index contributed by atoms with van der Waals surface area (Å²) in [7, 11) is 0. The molecule has 5 nitrogen and oxygen atoms in total. The Balaban J connectivity index is 1.66. The van der Waals surface area contributed by atoms with Crippen LogP contribution in [0.25, 0.3) is 0 Å². The quantitative estimate of drug-likeness (QED) is 0.785. The van der Waals surface area contributed by atoms with Gasteiger partial charge < -0.3 is 9.80 Å². The number of halogens is 2. The Hall–Kier alpha value is -2.35. The highest BCUT2D eigenvalue weighted by Gasteiger charge is 2.48. The molecule has 0 bridgehead atoms. The molecular formula is C17H15F2N3O2S. The highest BCUT2D eigenvalue weighted by atomic mass is 32.1. The summed E-state index contributed by atoms with van der Waals surface area (Å²) in [6.07, 6.45) is 2.56. The minimum atomic E-state index is -0.442. The SMILES string of the molecule is O=CN1CCC2(C1)CN(C(=O)Cc1ncc(F)s1)c1ccc(F)cc12. The van der Waals surface area contributed by atoms with Gasteiger partial charge in [0.05, 0.1) is 12.6 Å². The molecule has 8 heteroatoms. The van der Waals surface area contributed by atoms with Gasteiger partial charge >= 0.3 is 0 Å². The molecule has 0 N–H and O–H groups in total. The maximum atomic E-state index is 13.8. The van der Waals surface area contributed by atoms with E-state index < -0.39 is 10.5 Å². The van der Waals surface area contributed by atoms with E-state index in [-0.39, 0.29) is 18.1 Å². The number of hydrogen-bond donors (Lipinski definition) is 0. The number of benzene rings is 1. The molecule has 2 aliphatic heterocycles. The molecule has 2 amide bonds. The molecule has 1 aromatic heterocycles. The van der Waals surface area contributed by atoms with Crippen molar-refractivity contribution < 1.29 is 18.4 Å². The molecule has 1 atom stereocenters. The second-order valence-corrected chi connectivity index (χ2v) is 7.55. The fourth-order valence-corrected chi connectivity index (χ4v) is 4.43. The lowest BCUT2D eigenvalue weighted by atomic mass is 9.81. The van der Waals surface area contributed by atoms with Crippen LogP contribution in [-0.2, 0) is 21.4 Å². The van der Waals surface area contributed by atoms with Crippen LogP contribution in [0.5, 0.6) is 0 Å². The monoisotopic (exact) mass is 363 g/mol. The predicted octanol–water partition coefficient (Wildman–Crippen LogP) is 2.11. The number of anilines is 1. The van der Waals surface area contributed by atoms with E-state index in [2.05, 4.69) is 4.98 Å². The van der Waals surface area contributed by atoms with Gasteiger partial charge in [-0.3, -0.25) is 9.59 Å². The van der Waals surface area contributed by atoms with E-state index in [9.17, 15) is 18.4 Å². The Morgan fingerprint density at radius 1 is 1.36 bits per heavy atom. The molecule has 1 aromatic carbocycles. The summed E-state index contributed by atoms with van der Waals surface area (Å²) in [5.74, 6) is -0.567. The number of nitrogens with zero attached hydrogens (tertiary/aromatic N) is 3. The van der Waals surface area contributed by atoms with Crippen molar-refractivity contribution in [1.82, 2.24) is 9.88 Å². The molecule has 2 aliphatic rings. The van der Waals surface area contributed by atoms with Crippen molar-refractivity contribution in [1.29, 1.82) is 0 Å². The van der Waals surface area contributed by atoms with Gasteiger partial charge in [0.2, 0.25) is 12.3 Å². The van der Waals surface area contributed by atoms with Gasteiger partial charge in [-0.2, -0.15) is 4.39 Å². The van der Waals surface area contributed by atoms with Gasteiger partial charge in [0.15, 0.2) is 5.13 Å². The van der Waals surface area contributed by atoms with Crippen LogP contribution in [-0.4, -0.2) is 41.8 Å².